The van der Waals surface area contributed by atoms with E-state index in [1.807, 2.05) is 4.98 Å². The van der Waals surface area contributed by atoms with Crippen molar-refractivity contribution in [1.29, 1.82) is 0 Å². The highest BCUT2D eigenvalue weighted by atomic mass is 16.6. The van der Waals surface area contributed by atoms with E-state index in [1.165, 1.54) is 12.3 Å². The van der Waals surface area contributed by atoms with Gasteiger partial charge in [0.15, 0.2) is 6.23 Å². The maximum Gasteiger partial charge on any atom is 0.330 e. The average molecular weight is 363 g/mol. The molecule has 0 spiro atoms. The lowest BCUT2D eigenvalue weighted by atomic mass is 10.1. The molecule has 10 nitrogen and oxygen atoms in total. The van der Waals surface area contributed by atoms with Gasteiger partial charge in [0.2, 0.25) is 5.91 Å². The van der Waals surface area contributed by atoms with Crippen LogP contribution in [0.1, 0.15) is 12.0 Å². The Morgan fingerprint density at radius 3 is 2.81 bits per heavy atom. The topological polar surface area (TPSA) is 147 Å². The van der Waals surface area contributed by atoms with Crippen molar-refractivity contribution in [3.8, 4) is 0 Å². The minimum Gasteiger partial charge on any atom is -0.467 e. The van der Waals surface area contributed by atoms with Gasteiger partial charge in [0, 0.05) is 18.3 Å². The summed E-state index contributed by atoms with van der Waals surface area (Å²) in [6.07, 6.45) is 0.0965. The molecule has 0 unspecified atom stereocenters. The number of aliphatic hydroxyl groups excluding tert-OH is 2. The quantitative estimate of drug-likeness (QED) is 0.479. The molecule has 0 bridgehead atoms. The number of amides is 1. The van der Waals surface area contributed by atoms with E-state index in [2.05, 4.69) is 5.32 Å². The van der Waals surface area contributed by atoms with Gasteiger partial charge in [0.05, 0.1) is 12.8 Å². The molecule has 26 heavy (non-hydrogen) atoms. The number of aromatic amines is 1. The first kappa shape index (κ1) is 17.9. The highest BCUT2D eigenvalue weighted by Gasteiger charge is 2.42. The Bertz CT molecular complexity index is 899. The van der Waals surface area contributed by atoms with Crippen LogP contribution in [0, 0.1) is 0 Å². The van der Waals surface area contributed by atoms with E-state index in [0.29, 0.717) is 5.76 Å². The van der Waals surface area contributed by atoms with Crippen LogP contribution in [0.25, 0.3) is 0 Å². The molecule has 3 heterocycles. The summed E-state index contributed by atoms with van der Waals surface area (Å²) < 4.78 is 11.5. The molecule has 0 aliphatic carbocycles. The number of aliphatic hydroxyl groups is 2. The Morgan fingerprint density at radius 2 is 2.12 bits per heavy atom. The number of nitrogens with zero attached hydrogens (tertiary/aromatic N) is 1. The first-order valence-electron chi connectivity index (χ1n) is 7.77. The lowest BCUT2D eigenvalue weighted by molar-refractivity contribution is -0.116. The first-order chi connectivity index (χ1) is 12.5. The van der Waals surface area contributed by atoms with E-state index < -0.39 is 41.7 Å². The fraction of sp³-hybridized carbons (Fsp3) is 0.312. The molecule has 138 valence electrons. The third-order valence-corrected chi connectivity index (χ3v) is 3.85. The monoisotopic (exact) mass is 363 g/mol. The van der Waals surface area contributed by atoms with Crippen LogP contribution in [0.15, 0.2) is 56.8 Å². The van der Waals surface area contributed by atoms with Crippen molar-refractivity contribution in [1.82, 2.24) is 14.9 Å². The molecule has 1 saturated heterocycles. The molecular formula is C16H17N3O7. The molecule has 1 aliphatic rings. The molecule has 0 aromatic carbocycles. The molecule has 2 aromatic heterocycles. The predicted octanol–water partition coefficient (Wildman–Crippen LogP) is -1.38. The smallest absolute Gasteiger partial charge is 0.330 e. The summed E-state index contributed by atoms with van der Waals surface area (Å²) in [7, 11) is 0. The largest absolute Gasteiger partial charge is 0.467 e. The Kier molecular flexibility index (Phi) is 5.16. The van der Waals surface area contributed by atoms with Crippen LogP contribution in [-0.4, -0.2) is 44.0 Å². The number of ether oxygens (including phenoxy) is 1. The van der Waals surface area contributed by atoms with Gasteiger partial charge in [-0.05, 0) is 18.2 Å². The standard InChI is InChI=1S/C16H17N3O7/c20-11(17-8-9-2-1-7-25-9)4-3-10-13(22)14(23)15(26-10)19-6-5-12(21)18-16(19)24/h1-7,10,13-15,22-23H,8H2,(H,17,20)(H,18,21,24)/b4-3+/t10-,13-,14-,15-/m1/s1. The second kappa shape index (κ2) is 7.52. The highest BCUT2D eigenvalue weighted by molar-refractivity contribution is 5.87. The summed E-state index contributed by atoms with van der Waals surface area (Å²) in [6.45, 7) is 0.197. The number of carbonyl (C=O) groups excluding carboxylic acids is 1. The van der Waals surface area contributed by atoms with Crippen LogP contribution in [0.5, 0.6) is 0 Å². The third kappa shape index (κ3) is 3.82. The molecule has 4 N–H and O–H groups in total. The van der Waals surface area contributed by atoms with E-state index in [9.17, 15) is 24.6 Å². The average Bonchev–Trinajstić information content (AvgIpc) is 3.22. The maximum atomic E-state index is 11.8. The second-order valence-corrected chi connectivity index (χ2v) is 5.65. The molecule has 1 amide bonds. The number of H-pyrrole nitrogens is 1. The zero-order valence-corrected chi connectivity index (χ0v) is 13.4. The lowest BCUT2D eigenvalue weighted by Gasteiger charge is -2.16. The fourth-order valence-corrected chi connectivity index (χ4v) is 2.53. The van der Waals surface area contributed by atoms with Gasteiger partial charge >= 0.3 is 5.69 Å². The Morgan fingerprint density at radius 1 is 1.31 bits per heavy atom. The Balaban J connectivity index is 1.64. The van der Waals surface area contributed by atoms with Crippen molar-refractivity contribution < 1.29 is 24.2 Å². The van der Waals surface area contributed by atoms with Crippen LogP contribution in [0.4, 0.5) is 0 Å². The van der Waals surface area contributed by atoms with Crippen molar-refractivity contribution >= 4 is 5.91 Å². The van der Waals surface area contributed by atoms with Gasteiger partial charge in [-0.25, -0.2) is 4.79 Å². The number of rotatable bonds is 5. The molecular weight excluding hydrogens is 346 g/mol. The molecule has 1 aliphatic heterocycles. The summed E-state index contributed by atoms with van der Waals surface area (Å²) >= 11 is 0. The number of hydrogen-bond acceptors (Lipinski definition) is 7. The normalized spacial score (nSPS) is 25.6. The number of nitrogens with one attached hydrogen (secondary N) is 2. The second-order valence-electron chi connectivity index (χ2n) is 5.65. The minimum atomic E-state index is -1.42. The van der Waals surface area contributed by atoms with Gasteiger partial charge in [0.1, 0.15) is 24.1 Å². The number of hydrogen-bond donors (Lipinski definition) is 4. The van der Waals surface area contributed by atoms with Crippen molar-refractivity contribution in [2.75, 3.05) is 0 Å². The van der Waals surface area contributed by atoms with Crippen LogP contribution in [-0.2, 0) is 16.1 Å². The van der Waals surface area contributed by atoms with Crippen LogP contribution in [0.2, 0.25) is 0 Å². The Hall–Kier alpha value is -2.95. The van der Waals surface area contributed by atoms with Gasteiger partial charge < -0.3 is 24.7 Å². The van der Waals surface area contributed by atoms with Crippen molar-refractivity contribution in [2.24, 2.45) is 0 Å². The summed E-state index contributed by atoms with van der Waals surface area (Å²) in [6, 6.07) is 4.49. The summed E-state index contributed by atoms with van der Waals surface area (Å²) in [5.41, 5.74) is -1.38. The van der Waals surface area contributed by atoms with Crippen LogP contribution in [0.3, 0.4) is 0 Å². The zero-order chi connectivity index (χ0) is 18.7. The molecule has 10 heteroatoms. The van der Waals surface area contributed by atoms with E-state index in [-0.39, 0.29) is 6.54 Å². The Labute approximate surface area is 146 Å². The molecule has 0 radical (unpaired) electrons. The van der Waals surface area contributed by atoms with Gasteiger partial charge in [-0.15, -0.1) is 0 Å². The summed E-state index contributed by atoms with van der Waals surface area (Å²) in [5, 5.41) is 22.7. The van der Waals surface area contributed by atoms with E-state index in [4.69, 9.17) is 9.15 Å². The summed E-state index contributed by atoms with van der Waals surface area (Å²) in [5.74, 6) is 0.133. The van der Waals surface area contributed by atoms with Crippen molar-refractivity contribution in [3.63, 3.8) is 0 Å². The zero-order valence-electron chi connectivity index (χ0n) is 13.4. The maximum absolute atomic E-state index is 11.8. The number of furan rings is 1. The SMILES string of the molecule is O=C(/C=C/[C@H]1O[C@@H](n2ccc(=O)[nH]c2=O)[C@H](O)[C@@H]1O)NCc1ccco1. The molecule has 2 aromatic rings. The van der Waals surface area contributed by atoms with Crippen molar-refractivity contribution in [3.05, 3.63) is 69.4 Å². The van der Waals surface area contributed by atoms with E-state index in [1.54, 1.807) is 12.1 Å². The molecule has 1 fully saturated rings. The number of carbonyl (C=O) groups is 1. The first-order valence-corrected chi connectivity index (χ1v) is 7.77. The van der Waals surface area contributed by atoms with E-state index >= 15 is 0 Å². The molecule has 4 atom stereocenters. The fourth-order valence-electron chi connectivity index (χ4n) is 2.53. The van der Waals surface area contributed by atoms with Crippen LogP contribution < -0.4 is 16.6 Å². The van der Waals surface area contributed by atoms with Crippen molar-refractivity contribution in [2.45, 2.75) is 31.1 Å². The van der Waals surface area contributed by atoms with Gasteiger partial charge in [-0.1, -0.05) is 0 Å². The predicted molar refractivity (Wildman–Crippen MR) is 86.9 cm³/mol. The number of aromatic nitrogens is 2. The summed E-state index contributed by atoms with van der Waals surface area (Å²) in [4.78, 5) is 36.7. The third-order valence-electron chi connectivity index (χ3n) is 3.85. The molecule has 0 saturated carbocycles. The van der Waals surface area contributed by atoms with E-state index in [0.717, 1.165) is 22.9 Å². The van der Waals surface area contributed by atoms with Crippen LogP contribution >= 0.6 is 0 Å². The molecule has 3 rings (SSSR count). The minimum absolute atomic E-state index is 0.197. The van der Waals surface area contributed by atoms with Gasteiger partial charge in [-0.2, -0.15) is 0 Å². The highest BCUT2D eigenvalue weighted by Crippen LogP contribution is 2.28. The van der Waals surface area contributed by atoms with Gasteiger partial charge in [-0.3, -0.25) is 19.1 Å². The lowest BCUT2D eigenvalue weighted by Crippen LogP contribution is -2.37. The van der Waals surface area contributed by atoms with Gasteiger partial charge in [0.25, 0.3) is 5.56 Å².